The number of carbonyl (C=O) groups is 2. The average molecular weight is 365 g/mol. The van der Waals surface area contributed by atoms with Gasteiger partial charge in [-0.1, -0.05) is 53.5 Å². The second-order valence-electron chi connectivity index (χ2n) is 4.64. The Morgan fingerprint density at radius 1 is 1.04 bits per heavy atom. The molecule has 24 heavy (non-hydrogen) atoms. The maximum atomic E-state index is 11.6. The number of hydrazine groups is 1. The van der Waals surface area contributed by atoms with Crippen LogP contribution in [-0.2, 0) is 9.59 Å². The molecular weight excluding hydrogens is 351 g/mol. The smallest absolute Gasteiger partial charge is 0.276 e. The van der Waals surface area contributed by atoms with Crippen molar-refractivity contribution < 1.29 is 14.3 Å². The summed E-state index contributed by atoms with van der Waals surface area (Å²) in [5, 5.41) is 0.763. The Morgan fingerprint density at radius 2 is 1.79 bits per heavy atom. The molecule has 0 unspecified atom stereocenters. The van der Waals surface area contributed by atoms with E-state index in [1.807, 2.05) is 30.3 Å². The number of ether oxygens (including phenoxy) is 1. The Morgan fingerprint density at radius 3 is 2.50 bits per heavy atom. The molecular formula is C17H14Cl2N2O3. The van der Waals surface area contributed by atoms with Gasteiger partial charge in [0, 0.05) is 11.1 Å². The second kappa shape index (κ2) is 8.96. The van der Waals surface area contributed by atoms with E-state index in [4.69, 9.17) is 27.9 Å². The number of benzene rings is 2. The Kier molecular flexibility index (Phi) is 6.66. The van der Waals surface area contributed by atoms with E-state index in [0.29, 0.717) is 15.8 Å². The average Bonchev–Trinajstić information content (AvgIpc) is 2.58. The molecule has 124 valence electrons. The molecule has 2 amide bonds. The van der Waals surface area contributed by atoms with Crippen LogP contribution in [0.15, 0.2) is 54.6 Å². The monoisotopic (exact) mass is 364 g/mol. The zero-order chi connectivity index (χ0) is 17.4. The Labute approximate surface area is 149 Å². The summed E-state index contributed by atoms with van der Waals surface area (Å²) in [6, 6.07) is 14.0. The lowest BCUT2D eigenvalue weighted by Crippen LogP contribution is -2.43. The zero-order valence-corrected chi connectivity index (χ0v) is 14.0. The first-order valence-corrected chi connectivity index (χ1v) is 7.70. The maximum Gasteiger partial charge on any atom is 0.276 e. The Hall–Kier alpha value is -2.50. The van der Waals surface area contributed by atoms with Crippen LogP contribution in [0.1, 0.15) is 5.56 Å². The fourth-order valence-electron chi connectivity index (χ4n) is 1.68. The number of carbonyl (C=O) groups excluding carboxylic acids is 2. The predicted octanol–water partition coefficient (Wildman–Crippen LogP) is 3.23. The van der Waals surface area contributed by atoms with Crippen LogP contribution in [0.25, 0.3) is 6.08 Å². The summed E-state index contributed by atoms with van der Waals surface area (Å²) < 4.78 is 5.24. The number of hydrogen-bond acceptors (Lipinski definition) is 3. The molecule has 0 fully saturated rings. The third-order valence-corrected chi connectivity index (χ3v) is 3.34. The minimum absolute atomic E-state index is 0.296. The van der Waals surface area contributed by atoms with Crippen LogP contribution in [0.3, 0.4) is 0 Å². The van der Waals surface area contributed by atoms with Crippen LogP contribution in [0, 0.1) is 0 Å². The molecule has 0 aliphatic carbocycles. The third kappa shape index (κ3) is 5.95. The normalized spacial score (nSPS) is 10.4. The molecule has 0 aliphatic heterocycles. The van der Waals surface area contributed by atoms with Gasteiger partial charge in [-0.3, -0.25) is 20.4 Å². The molecule has 0 atom stereocenters. The number of hydrogen-bond donors (Lipinski definition) is 2. The first-order chi connectivity index (χ1) is 11.5. The van der Waals surface area contributed by atoms with Crippen LogP contribution < -0.4 is 15.6 Å². The minimum Gasteiger partial charge on any atom is -0.482 e. The van der Waals surface area contributed by atoms with Crippen LogP contribution in [0.4, 0.5) is 0 Å². The first kappa shape index (κ1) is 17.8. The van der Waals surface area contributed by atoms with Crippen molar-refractivity contribution in [3.05, 3.63) is 70.2 Å². The highest BCUT2D eigenvalue weighted by atomic mass is 35.5. The van der Waals surface area contributed by atoms with Gasteiger partial charge >= 0.3 is 0 Å². The van der Waals surface area contributed by atoms with E-state index in [-0.39, 0.29) is 6.61 Å². The lowest BCUT2D eigenvalue weighted by Gasteiger charge is -2.09. The van der Waals surface area contributed by atoms with Crippen molar-refractivity contribution >= 4 is 41.1 Å². The van der Waals surface area contributed by atoms with Gasteiger partial charge in [0.25, 0.3) is 11.8 Å². The first-order valence-electron chi connectivity index (χ1n) is 6.94. The fraction of sp³-hybridized carbons (Fsp3) is 0.0588. The van der Waals surface area contributed by atoms with Gasteiger partial charge < -0.3 is 4.74 Å². The Balaban J connectivity index is 1.74. The van der Waals surface area contributed by atoms with Crippen molar-refractivity contribution in [2.24, 2.45) is 0 Å². The van der Waals surface area contributed by atoms with Crippen molar-refractivity contribution in [1.82, 2.24) is 10.9 Å². The molecule has 0 aliphatic rings. The van der Waals surface area contributed by atoms with Crippen molar-refractivity contribution in [2.45, 2.75) is 0 Å². The van der Waals surface area contributed by atoms with Gasteiger partial charge in [0.1, 0.15) is 5.75 Å². The number of rotatable bonds is 5. The van der Waals surface area contributed by atoms with E-state index < -0.39 is 11.8 Å². The molecule has 0 saturated heterocycles. The zero-order valence-electron chi connectivity index (χ0n) is 12.5. The van der Waals surface area contributed by atoms with Gasteiger partial charge in [-0.25, -0.2) is 0 Å². The molecule has 2 aromatic rings. The van der Waals surface area contributed by atoms with Gasteiger partial charge in [0.2, 0.25) is 0 Å². The van der Waals surface area contributed by atoms with Crippen LogP contribution >= 0.6 is 23.2 Å². The van der Waals surface area contributed by atoms with E-state index in [1.54, 1.807) is 18.2 Å². The summed E-state index contributed by atoms with van der Waals surface area (Å²) in [6.07, 6.45) is 2.94. The van der Waals surface area contributed by atoms with E-state index in [0.717, 1.165) is 5.56 Å². The van der Waals surface area contributed by atoms with E-state index in [1.165, 1.54) is 12.1 Å². The molecule has 5 nitrogen and oxygen atoms in total. The topological polar surface area (TPSA) is 67.4 Å². The summed E-state index contributed by atoms with van der Waals surface area (Å²) in [4.78, 5) is 23.2. The lowest BCUT2D eigenvalue weighted by atomic mass is 10.2. The fourth-order valence-corrected chi connectivity index (χ4v) is 2.14. The van der Waals surface area contributed by atoms with Crippen LogP contribution in [0.5, 0.6) is 5.75 Å². The highest BCUT2D eigenvalue weighted by Gasteiger charge is 2.07. The van der Waals surface area contributed by atoms with E-state index in [9.17, 15) is 9.59 Å². The highest BCUT2D eigenvalue weighted by molar-refractivity contribution is 6.35. The summed E-state index contributed by atoms with van der Waals surface area (Å²) in [7, 11) is 0. The molecule has 2 N–H and O–H groups in total. The highest BCUT2D eigenvalue weighted by Crippen LogP contribution is 2.27. The molecule has 0 radical (unpaired) electrons. The summed E-state index contributed by atoms with van der Waals surface area (Å²) >= 11 is 11.7. The van der Waals surface area contributed by atoms with E-state index >= 15 is 0 Å². The maximum absolute atomic E-state index is 11.6. The number of amides is 2. The van der Waals surface area contributed by atoms with Gasteiger partial charge in [-0.05, 0) is 29.8 Å². The minimum atomic E-state index is -0.525. The van der Waals surface area contributed by atoms with Crippen molar-refractivity contribution in [3.63, 3.8) is 0 Å². The lowest BCUT2D eigenvalue weighted by molar-refractivity contribution is -0.128. The van der Waals surface area contributed by atoms with Crippen LogP contribution in [0.2, 0.25) is 10.0 Å². The largest absolute Gasteiger partial charge is 0.482 e. The van der Waals surface area contributed by atoms with Crippen molar-refractivity contribution in [1.29, 1.82) is 0 Å². The van der Waals surface area contributed by atoms with Gasteiger partial charge in [-0.15, -0.1) is 0 Å². The molecule has 0 saturated carbocycles. The number of halogens is 2. The molecule has 2 aromatic carbocycles. The molecule has 0 spiro atoms. The predicted molar refractivity (Wildman–Crippen MR) is 93.7 cm³/mol. The molecule has 2 rings (SSSR count). The van der Waals surface area contributed by atoms with Crippen molar-refractivity contribution in [2.75, 3.05) is 6.61 Å². The summed E-state index contributed by atoms with van der Waals surface area (Å²) in [5.41, 5.74) is 5.36. The quantitative estimate of drug-likeness (QED) is 0.632. The molecule has 7 heteroatoms. The number of nitrogens with one attached hydrogen (secondary N) is 2. The second-order valence-corrected chi connectivity index (χ2v) is 5.49. The molecule has 0 heterocycles. The standard InChI is InChI=1S/C17H14Cl2N2O3/c18-13-7-8-15(14(19)10-13)24-11-17(23)21-20-16(22)9-6-12-4-2-1-3-5-12/h1-10H,11H2,(H,20,22)(H,21,23)/b9-6+. The van der Waals surface area contributed by atoms with Crippen molar-refractivity contribution in [3.8, 4) is 5.75 Å². The molecule has 0 aromatic heterocycles. The van der Waals surface area contributed by atoms with E-state index in [2.05, 4.69) is 10.9 Å². The van der Waals surface area contributed by atoms with Crippen LogP contribution in [-0.4, -0.2) is 18.4 Å². The molecule has 0 bridgehead atoms. The summed E-state index contributed by atoms with van der Waals surface area (Å²) in [5.74, 6) is -0.661. The SMILES string of the molecule is O=C(/C=C/c1ccccc1)NNC(=O)COc1ccc(Cl)cc1Cl. The van der Waals surface area contributed by atoms with Gasteiger partial charge in [-0.2, -0.15) is 0 Å². The van der Waals surface area contributed by atoms with Gasteiger partial charge in [0.05, 0.1) is 5.02 Å². The summed E-state index contributed by atoms with van der Waals surface area (Å²) in [6.45, 7) is -0.302. The van der Waals surface area contributed by atoms with Gasteiger partial charge in [0.15, 0.2) is 6.61 Å². The third-order valence-electron chi connectivity index (χ3n) is 2.80. The Bertz CT molecular complexity index is 749.